The lowest BCUT2D eigenvalue weighted by Gasteiger charge is -2.09. The summed E-state index contributed by atoms with van der Waals surface area (Å²) < 4.78 is 0. The number of anilines is 2. The van der Waals surface area contributed by atoms with Crippen molar-refractivity contribution in [3.8, 4) is 0 Å². The fourth-order valence-electron chi connectivity index (χ4n) is 2.40. The lowest BCUT2D eigenvalue weighted by atomic mass is 10.1. The third-order valence-electron chi connectivity index (χ3n) is 3.70. The monoisotopic (exact) mass is 408 g/mol. The van der Waals surface area contributed by atoms with Crippen LogP contribution in [0.1, 0.15) is 5.56 Å². The van der Waals surface area contributed by atoms with E-state index in [4.69, 9.17) is 0 Å². The highest BCUT2D eigenvalue weighted by Crippen LogP contribution is 2.41. The summed E-state index contributed by atoms with van der Waals surface area (Å²) in [5.41, 5.74) is -6.09. The molecule has 1 N–H and O–H groups in total. The Balaban J connectivity index is 2.78. The topological polar surface area (TPSA) is 228 Å². The highest BCUT2D eigenvalue weighted by Gasteiger charge is 2.32. The summed E-state index contributed by atoms with van der Waals surface area (Å²) >= 11 is 0. The molecule has 0 bridgehead atoms. The van der Waals surface area contributed by atoms with Gasteiger partial charge in [0.25, 0.3) is 17.1 Å². The van der Waals surface area contributed by atoms with Crippen LogP contribution in [0.2, 0.25) is 0 Å². The molecule has 0 aliphatic carbocycles. The molecule has 2 aromatic carbocycles. The Labute approximate surface area is 158 Å². The van der Waals surface area contributed by atoms with Crippen LogP contribution in [-0.4, -0.2) is 24.6 Å². The SMILES string of the molecule is Cc1c([N+](=O)[O-])cc(Nc2c([N+](=O)[O-])cc([N+](=O)[O-])cc2[N+](=O)[O-])cc1[N+](=O)[O-]. The lowest BCUT2D eigenvalue weighted by molar-refractivity contribution is -0.401. The number of nitrogens with zero attached hydrogens (tertiary/aromatic N) is 5. The Hall–Kier alpha value is -4.76. The van der Waals surface area contributed by atoms with Crippen molar-refractivity contribution in [2.24, 2.45) is 0 Å². The van der Waals surface area contributed by atoms with Crippen molar-refractivity contribution in [2.45, 2.75) is 6.92 Å². The number of nitro benzene ring substituents is 5. The zero-order valence-corrected chi connectivity index (χ0v) is 14.1. The molecular weight excluding hydrogens is 400 g/mol. The fraction of sp³-hybridized carbons (Fsp3) is 0.0769. The predicted octanol–water partition coefficient (Wildman–Crippen LogP) is 3.28. The first-order valence-electron chi connectivity index (χ1n) is 7.25. The second-order valence-corrected chi connectivity index (χ2v) is 5.41. The summed E-state index contributed by atoms with van der Waals surface area (Å²) in [6, 6.07) is 2.48. The van der Waals surface area contributed by atoms with E-state index in [1.54, 1.807) is 0 Å². The van der Waals surface area contributed by atoms with E-state index < -0.39 is 64.4 Å². The Morgan fingerprint density at radius 3 is 1.31 bits per heavy atom. The summed E-state index contributed by atoms with van der Waals surface area (Å²) in [6.45, 7) is 1.11. The first-order valence-corrected chi connectivity index (χ1v) is 7.25. The minimum absolute atomic E-state index is 0.307. The number of non-ortho nitro benzene ring substituents is 1. The molecule has 150 valence electrons. The van der Waals surface area contributed by atoms with Crippen LogP contribution in [0.5, 0.6) is 0 Å². The second-order valence-electron chi connectivity index (χ2n) is 5.41. The molecule has 16 heteroatoms. The molecule has 0 aliphatic heterocycles. The van der Waals surface area contributed by atoms with E-state index in [-0.39, 0.29) is 5.56 Å². The zero-order valence-electron chi connectivity index (χ0n) is 14.1. The largest absolute Gasteiger partial charge is 0.344 e. The third kappa shape index (κ3) is 3.99. The quantitative estimate of drug-likeness (QED) is 0.516. The zero-order chi connectivity index (χ0) is 22.0. The van der Waals surface area contributed by atoms with Crippen molar-refractivity contribution in [2.75, 3.05) is 5.32 Å². The molecule has 0 fully saturated rings. The van der Waals surface area contributed by atoms with Gasteiger partial charge in [0.2, 0.25) is 0 Å². The summed E-state index contributed by atoms with van der Waals surface area (Å²) in [7, 11) is 0. The summed E-state index contributed by atoms with van der Waals surface area (Å²) in [6.07, 6.45) is 0. The molecule has 0 amide bonds. The van der Waals surface area contributed by atoms with Crippen LogP contribution in [0.3, 0.4) is 0 Å². The standard InChI is InChI=1S/C13H8N6O10/c1-6-9(16(22)23)2-7(3-10(6)17(24)25)14-13-11(18(26)27)4-8(15(20)21)5-12(13)19(28)29/h2-5,14H,1H3. The van der Waals surface area contributed by atoms with Gasteiger partial charge in [0, 0.05) is 12.1 Å². The van der Waals surface area contributed by atoms with Crippen LogP contribution in [0, 0.1) is 57.5 Å². The second kappa shape index (κ2) is 7.47. The van der Waals surface area contributed by atoms with Gasteiger partial charge in [-0.3, -0.25) is 50.6 Å². The van der Waals surface area contributed by atoms with Gasteiger partial charge in [0.05, 0.1) is 42.4 Å². The molecule has 2 aromatic rings. The van der Waals surface area contributed by atoms with Crippen LogP contribution in [0.15, 0.2) is 24.3 Å². The van der Waals surface area contributed by atoms with Gasteiger partial charge in [-0.15, -0.1) is 0 Å². The average molecular weight is 408 g/mol. The predicted molar refractivity (Wildman–Crippen MR) is 94.2 cm³/mol. The van der Waals surface area contributed by atoms with Crippen molar-refractivity contribution >= 4 is 39.8 Å². The molecule has 0 saturated heterocycles. The van der Waals surface area contributed by atoms with E-state index in [0.717, 1.165) is 19.1 Å². The van der Waals surface area contributed by atoms with E-state index in [1.807, 2.05) is 0 Å². The van der Waals surface area contributed by atoms with Gasteiger partial charge in [0.1, 0.15) is 5.56 Å². The van der Waals surface area contributed by atoms with E-state index in [0.29, 0.717) is 12.1 Å². The molecule has 0 aliphatic rings. The molecule has 0 atom stereocenters. The number of hydrogen-bond acceptors (Lipinski definition) is 11. The molecule has 0 unspecified atom stereocenters. The van der Waals surface area contributed by atoms with Gasteiger partial charge in [-0.2, -0.15) is 0 Å². The maximum atomic E-state index is 11.3. The van der Waals surface area contributed by atoms with Gasteiger partial charge in [-0.1, -0.05) is 0 Å². The number of hydrogen-bond donors (Lipinski definition) is 1. The summed E-state index contributed by atoms with van der Waals surface area (Å²) in [5, 5.41) is 57.9. The van der Waals surface area contributed by atoms with Gasteiger partial charge in [-0.25, -0.2) is 0 Å². The van der Waals surface area contributed by atoms with Crippen LogP contribution >= 0.6 is 0 Å². The molecular formula is C13H8N6O10. The van der Waals surface area contributed by atoms with E-state index in [9.17, 15) is 50.6 Å². The lowest BCUT2D eigenvalue weighted by Crippen LogP contribution is -2.05. The molecule has 16 nitrogen and oxygen atoms in total. The van der Waals surface area contributed by atoms with Gasteiger partial charge in [-0.05, 0) is 6.92 Å². The first kappa shape index (κ1) is 20.6. The van der Waals surface area contributed by atoms with Crippen molar-refractivity contribution in [3.63, 3.8) is 0 Å². The van der Waals surface area contributed by atoms with Gasteiger partial charge >= 0.3 is 11.4 Å². The smallest absolute Gasteiger partial charge is 0.306 e. The number of rotatable bonds is 7. The first-order chi connectivity index (χ1) is 13.4. The minimum Gasteiger partial charge on any atom is -0.344 e. The van der Waals surface area contributed by atoms with Crippen molar-refractivity contribution in [1.82, 2.24) is 0 Å². The Kier molecular flexibility index (Phi) is 5.29. The van der Waals surface area contributed by atoms with Crippen LogP contribution in [0.25, 0.3) is 0 Å². The molecule has 0 saturated carbocycles. The number of nitro groups is 5. The highest BCUT2D eigenvalue weighted by atomic mass is 16.6. The molecule has 0 spiro atoms. The summed E-state index contributed by atoms with van der Waals surface area (Å²) in [5.74, 6) is 0. The number of benzene rings is 2. The molecule has 0 heterocycles. The van der Waals surface area contributed by atoms with Crippen molar-refractivity contribution in [3.05, 3.63) is 80.4 Å². The maximum Gasteiger partial charge on any atom is 0.306 e. The van der Waals surface area contributed by atoms with Crippen LogP contribution in [0.4, 0.5) is 39.8 Å². The molecule has 0 aromatic heterocycles. The highest BCUT2D eigenvalue weighted by molar-refractivity contribution is 5.82. The minimum atomic E-state index is -1.14. The van der Waals surface area contributed by atoms with E-state index >= 15 is 0 Å². The maximum absolute atomic E-state index is 11.3. The van der Waals surface area contributed by atoms with Crippen LogP contribution in [-0.2, 0) is 0 Å². The molecule has 0 radical (unpaired) electrons. The van der Waals surface area contributed by atoms with Crippen LogP contribution < -0.4 is 5.32 Å². The Bertz CT molecular complexity index is 1030. The summed E-state index contributed by atoms with van der Waals surface area (Å²) in [4.78, 5) is 50.5. The third-order valence-corrected chi connectivity index (χ3v) is 3.70. The van der Waals surface area contributed by atoms with Crippen molar-refractivity contribution in [1.29, 1.82) is 0 Å². The van der Waals surface area contributed by atoms with E-state index in [1.165, 1.54) is 0 Å². The molecule has 2 rings (SSSR count). The normalized spacial score (nSPS) is 10.2. The molecule has 29 heavy (non-hydrogen) atoms. The van der Waals surface area contributed by atoms with Crippen molar-refractivity contribution < 1.29 is 24.6 Å². The van der Waals surface area contributed by atoms with Gasteiger partial charge in [0.15, 0.2) is 5.69 Å². The Morgan fingerprint density at radius 1 is 0.621 bits per heavy atom. The number of nitrogens with one attached hydrogen (secondary N) is 1. The van der Waals surface area contributed by atoms with Gasteiger partial charge < -0.3 is 5.32 Å². The van der Waals surface area contributed by atoms with E-state index in [2.05, 4.69) is 5.32 Å². The Morgan fingerprint density at radius 2 is 1.00 bits per heavy atom. The fourth-order valence-corrected chi connectivity index (χ4v) is 2.40. The average Bonchev–Trinajstić information content (AvgIpc) is 2.61.